The molecule has 1 N–H and O–H groups in total. The number of fused-ring (bicyclic) bond motifs is 1. The SMILES string of the molecule is Cc1ccc(F)c(-n2ccc3c2CC(C)(C)CC3O)c1F. The predicted molar refractivity (Wildman–Crippen MR) is 77.5 cm³/mol. The van der Waals surface area contributed by atoms with Gasteiger partial charge in [-0.25, -0.2) is 8.78 Å². The Hall–Kier alpha value is -1.68. The summed E-state index contributed by atoms with van der Waals surface area (Å²) in [5.74, 6) is -1.14. The van der Waals surface area contributed by atoms with Gasteiger partial charge >= 0.3 is 0 Å². The number of aliphatic hydroxyl groups is 1. The maximum absolute atomic E-state index is 14.4. The highest BCUT2D eigenvalue weighted by atomic mass is 19.1. The van der Waals surface area contributed by atoms with Crippen LogP contribution in [0.1, 0.15) is 43.2 Å². The monoisotopic (exact) mass is 291 g/mol. The molecule has 0 bridgehead atoms. The molecule has 0 spiro atoms. The van der Waals surface area contributed by atoms with Crippen LogP contribution in [0.5, 0.6) is 0 Å². The molecule has 0 radical (unpaired) electrons. The molecule has 1 aliphatic rings. The summed E-state index contributed by atoms with van der Waals surface area (Å²) in [4.78, 5) is 0. The molecule has 0 saturated carbocycles. The summed E-state index contributed by atoms with van der Waals surface area (Å²) >= 11 is 0. The largest absolute Gasteiger partial charge is 0.388 e. The van der Waals surface area contributed by atoms with Gasteiger partial charge in [0.1, 0.15) is 11.5 Å². The minimum absolute atomic E-state index is 0.0545. The van der Waals surface area contributed by atoms with Gasteiger partial charge in [-0.15, -0.1) is 0 Å². The van der Waals surface area contributed by atoms with Crippen LogP contribution in [-0.2, 0) is 6.42 Å². The fourth-order valence-corrected chi connectivity index (χ4v) is 3.20. The first-order chi connectivity index (χ1) is 9.80. The van der Waals surface area contributed by atoms with Crippen molar-refractivity contribution in [1.82, 2.24) is 4.57 Å². The second-order valence-corrected chi connectivity index (χ2v) is 6.68. The van der Waals surface area contributed by atoms with Gasteiger partial charge in [-0.3, -0.25) is 0 Å². The van der Waals surface area contributed by atoms with Crippen LogP contribution in [0.2, 0.25) is 0 Å². The van der Waals surface area contributed by atoms with Crippen LogP contribution in [0.4, 0.5) is 8.78 Å². The summed E-state index contributed by atoms with van der Waals surface area (Å²) in [6.45, 7) is 5.73. The zero-order valence-electron chi connectivity index (χ0n) is 12.5. The number of rotatable bonds is 1. The van der Waals surface area contributed by atoms with Crippen LogP contribution in [0, 0.1) is 24.0 Å². The highest BCUT2D eigenvalue weighted by molar-refractivity contribution is 5.44. The van der Waals surface area contributed by atoms with Crippen molar-refractivity contribution < 1.29 is 13.9 Å². The van der Waals surface area contributed by atoms with Gasteiger partial charge in [0.05, 0.1) is 6.10 Å². The molecular weight excluding hydrogens is 272 g/mol. The van der Waals surface area contributed by atoms with Crippen molar-refractivity contribution >= 4 is 0 Å². The van der Waals surface area contributed by atoms with E-state index in [2.05, 4.69) is 13.8 Å². The summed E-state index contributed by atoms with van der Waals surface area (Å²) in [5, 5.41) is 10.2. The lowest BCUT2D eigenvalue weighted by Gasteiger charge is -2.34. The van der Waals surface area contributed by atoms with Gasteiger partial charge in [0.25, 0.3) is 0 Å². The Bertz CT molecular complexity index is 703. The summed E-state index contributed by atoms with van der Waals surface area (Å²) in [6.07, 6.45) is 2.40. The standard InChI is InChI=1S/C17H19F2NO/c1-10-4-5-12(18)16(15(10)19)20-7-6-11-13(20)8-17(2,3)9-14(11)21/h4-7,14,21H,8-9H2,1-3H3. The van der Waals surface area contributed by atoms with E-state index >= 15 is 0 Å². The van der Waals surface area contributed by atoms with Crippen molar-refractivity contribution in [3.63, 3.8) is 0 Å². The summed E-state index contributed by atoms with van der Waals surface area (Å²) in [6, 6.07) is 4.48. The van der Waals surface area contributed by atoms with Crippen LogP contribution in [-0.4, -0.2) is 9.67 Å². The van der Waals surface area contributed by atoms with Crippen LogP contribution in [0.25, 0.3) is 5.69 Å². The number of aryl methyl sites for hydroxylation is 1. The van der Waals surface area contributed by atoms with Crippen LogP contribution < -0.4 is 0 Å². The highest BCUT2D eigenvalue weighted by Gasteiger charge is 2.34. The van der Waals surface area contributed by atoms with Crippen molar-refractivity contribution in [2.45, 2.75) is 39.7 Å². The first kappa shape index (κ1) is 14.3. The maximum atomic E-state index is 14.4. The average Bonchev–Trinajstić information content (AvgIpc) is 2.77. The third-order valence-electron chi connectivity index (χ3n) is 4.28. The van der Waals surface area contributed by atoms with Crippen molar-refractivity contribution in [3.05, 3.63) is 52.9 Å². The Balaban J connectivity index is 2.21. The lowest BCUT2D eigenvalue weighted by Crippen LogP contribution is -2.26. The summed E-state index contributed by atoms with van der Waals surface area (Å²) in [5.41, 5.74) is 1.82. The van der Waals surface area contributed by atoms with E-state index in [1.165, 1.54) is 12.1 Å². The third kappa shape index (κ3) is 2.27. The molecule has 2 aromatic rings. The Morgan fingerprint density at radius 1 is 1.24 bits per heavy atom. The molecule has 21 heavy (non-hydrogen) atoms. The van der Waals surface area contributed by atoms with E-state index in [4.69, 9.17) is 0 Å². The number of hydrogen-bond acceptors (Lipinski definition) is 1. The molecule has 1 aliphatic carbocycles. The van der Waals surface area contributed by atoms with E-state index in [-0.39, 0.29) is 11.1 Å². The Kier molecular flexibility index (Phi) is 3.17. The van der Waals surface area contributed by atoms with Crippen LogP contribution in [0.15, 0.2) is 24.4 Å². The third-order valence-corrected chi connectivity index (χ3v) is 4.28. The molecule has 0 fully saturated rings. The normalized spacial score (nSPS) is 20.4. The molecule has 0 amide bonds. The molecular formula is C17H19F2NO. The molecule has 1 aromatic carbocycles. The Labute approximate surface area is 123 Å². The quantitative estimate of drug-likeness (QED) is 0.842. The molecule has 1 aromatic heterocycles. The molecule has 4 heteroatoms. The molecule has 3 rings (SSSR count). The topological polar surface area (TPSA) is 25.2 Å². The highest BCUT2D eigenvalue weighted by Crippen LogP contribution is 2.42. The Morgan fingerprint density at radius 3 is 2.67 bits per heavy atom. The molecule has 0 aliphatic heterocycles. The smallest absolute Gasteiger partial charge is 0.153 e. The van der Waals surface area contributed by atoms with Gasteiger partial charge in [-0.05, 0) is 42.9 Å². The van der Waals surface area contributed by atoms with Crippen molar-refractivity contribution in [1.29, 1.82) is 0 Å². The average molecular weight is 291 g/mol. The zero-order valence-corrected chi connectivity index (χ0v) is 12.5. The van der Waals surface area contributed by atoms with Gasteiger partial charge in [0, 0.05) is 17.5 Å². The molecule has 1 atom stereocenters. The van der Waals surface area contributed by atoms with E-state index < -0.39 is 17.7 Å². The number of aliphatic hydroxyl groups excluding tert-OH is 1. The number of nitrogens with zero attached hydrogens (tertiary/aromatic N) is 1. The fraction of sp³-hybridized carbons (Fsp3) is 0.412. The number of halogens is 2. The molecule has 2 nitrogen and oxygen atoms in total. The van der Waals surface area contributed by atoms with Gasteiger partial charge in [0.15, 0.2) is 5.82 Å². The first-order valence-electron chi connectivity index (χ1n) is 7.13. The van der Waals surface area contributed by atoms with E-state index in [1.54, 1.807) is 23.8 Å². The number of hydrogen-bond donors (Lipinski definition) is 1. The molecule has 0 saturated heterocycles. The minimum Gasteiger partial charge on any atom is -0.388 e. The second-order valence-electron chi connectivity index (χ2n) is 6.68. The minimum atomic E-state index is -0.589. The van der Waals surface area contributed by atoms with E-state index in [0.717, 1.165) is 11.3 Å². The van der Waals surface area contributed by atoms with Gasteiger partial charge in [-0.2, -0.15) is 0 Å². The van der Waals surface area contributed by atoms with E-state index in [0.29, 0.717) is 18.4 Å². The zero-order chi connectivity index (χ0) is 15.4. The maximum Gasteiger partial charge on any atom is 0.153 e. The summed E-state index contributed by atoms with van der Waals surface area (Å²) in [7, 11) is 0. The van der Waals surface area contributed by atoms with Crippen LogP contribution in [0.3, 0.4) is 0 Å². The van der Waals surface area contributed by atoms with Gasteiger partial charge in [-0.1, -0.05) is 19.9 Å². The van der Waals surface area contributed by atoms with Crippen molar-refractivity contribution in [2.24, 2.45) is 5.41 Å². The summed E-state index contributed by atoms with van der Waals surface area (Å²) < 4.78 is 30.0. The van der Waals surface area contributed by atoms with E-state index in [1.807, 2.05) is 0 Å². The Morgan fingerprint density at radius 2 is 1.95 bits per heavy atom. The van der Waals surface area contributed by atoms with E-state index in [9.17, 15) is 13.9 Å². The van der Waals surface area contributed by atoms with Crippen molar-refractivity contribution in [3.8, 4) is 5.69 Å². The fourth-order valence-electron chi connectivity index (χ4n) is 3.20. The van der Waals surface area contributed by atoms with Gasteiger partial charge < -0.3 is 9.67 Å². The molecule has 1 unspecified atom stereocenters. The van der Waals surface area contributed by atoms with Gasteiger partial charge in [0.2, 0.25) is 0 Å². The lowest BCUT2D eigenvalue weighted by atomic mass is 9.75. The van der Waals surface area contributed by atoms with Crippen LogP contribution >= 0.6 is 0 Å². The first-order valence-corrected chi connectivity index (χ1v) is 7.13. The lowest BCUT2D eigenvalue weighted by molar-refractivity contribution is 0.0986. The van der Waals surface area contributed by atoms with Crippen molar-refractivity contribution in [2.75, 3.05) is 0 Å². The number of benzene rings is 1. The molecule has 112 valence electrons. The second kappa shape index (κ2) is 4.67. The number of aromatic nitrogens is 1. The predicted octanol–water partition coefficient (Wildman–Crippen LogP) is 4.07. The molecule has 1 heterocycles.